The summed E-state index contributed by atoms with van der Waals surface area (Å²) in [4.78, 5) is 0. The predicted molar refractivity (Wildman–Crippen MR) is 86.3 cm³/mol. The fraction of sp³-hybridized carbons (Fsp3) is 0.667. The van der Waals surface area contributed by atoms with E-state index in [2.05, 4.69) is 57.3 Å². The normalized spacial score (nSPS) is 23.4. The van der Waals surface area contributed by atoms with E-state index in [0.29, 0.717) is 12.6 Å². The van der Waals surface area contributed by atoms with Gasteiger partial charge in [0.2, 0.25) is 0 Å². The maximum absolute atomic E-state index is 6.15. The Labute approximate surface area is 129 Å². The zero-order valence-corrected chi connectivity index (χ0v) is 14.0. The van der Waals surface area contributed by atoms with Crippen LogP contribution in [0.5, 0.6) is 0 Å². The Morgan fingerprint density at radius 2 is 1.86 bits per heavy atom. The fourth-order valence-electron chi connectivity index (χ4n) is 3.20. The monoisotopic (exact) mass is 291 g/mol. The maximum atomic E-state index is 6.15. The van der Waals surface area contributed by atoms with E-state index >= 15 is 0 Å². The summed E-state index contributed by atoms with van der Waals surface area (Å²) in [5.41, 5.74) is 2.40. The van der Waals surface area contributed by atoms with Gasteiger partial charge in [-0.15, -0.1) is 0 Å². The molecule has 118 valence electrons. The van der Waals surface area contributed by atoms with Gasteiger partial charge >= 0.3 is 0 Å². The minimum Gasteiger partial charge on any atom is -0.377 e. The molecule has 21 heavy (non-hydrogen) atoms. The topological polar surface area (TPSA) is 30.5 Å². The second-order valence-electron chi connectivity index (χ2n) is 7.01. The Balaban J connectivity index is 2.00. The molecular formula is C18H29NO2. The van der Waals surface area contributed by atoms with Crippen molar-refractivity contribution in [3.05, 3.63) is 35.4 Å². The highest BCUT2D eigenvalue weighted by Crippen LogP contribution is 2.37. The molecule has 3 heteroatoms. The molecule has 1 unspecified atom stereocenters. The third-order valence-corrected chi connectivity index (χ3v) is 4.19. The first-order chi connectivity index (χ1) is 9.84. The van der Waals surface area contributed by atoms with Gasteiger partial charge in [0.1, 0.15) is 0 Å². The van der Waals surface area contributed by atoms with E-state index in [4.69, 9.17) is 9.47 Å². The summed E-state index contributed by atoms with van der Waals surface area (Å²) in [6.07, 6.45) is 1.04. The molecule has 1 aliphatic heterocycles. The van der Waals surface area contributed by atoms with Crippen molar-refractivity contribution >= 4 is 0 Å². The minimum absolute atomic E-state index is 0.0496. The molecule has 1 aliphatic rings. The van der Waals surface area contributed by atoms with Crippen LogP contribution in [0.2, 0.25) is 0 Å². The summed E-state index contributed by atoms with van der Waals surface area (Å²) in [7, 11) is 0. The molecule has 2 rings (SSSR count). The smallest absolute Gasteiger partial charge is 0.0787 e. The van der Waals surface area contributed by atoms with Crippen molar-refractivity contribution in [1.29, 1.82) is 0 Å². The Hall–Kier alpha value is -0.900. The van der Waals surface area contributed by atoms with Crippen LogP contribution in [0, 0.1) is 0 Å². The lowest BCUT2D eigenvalue weighted by molar-refractivity contribution is -0.0699. The molecule has 1 fully saturated rings. The van der Waals surface area contributed by atoms with E-state index in [1.165, 1.54) is 11.1 Å². The average Bonchev–Trinajstić information content (AvgIpc) is 2.62. The number of benzene rings is 1. The molecule has 0 radical (unpaired) electrons. The summed E-state index contributed by atoms with van der Waals surface area (Å²) in [5.74, 6) is 0. The Bertz CT molecular complexity index is 468. The number of rotatable bonds is 6. The average molecular weight is 291 g/mol. The molecule has 0 bridgehead atoms. The zero-order chi connectivity index (χ0) is 15.5. The van der Waals surface area contributed by atoms with E-state index in [1.54, 1.807) is 0 Å². The minimum atomic E-state index is -0.127. The Morgan fingerprint density at radius 1 is 1.19 bits per heavy atom. The van der Waals surface area contributed by atoms with E-state index in [0.717, 1.165) is 19.6 Å². The standard InChI is InChI=1S/C18H29NO2/c1-6-20-13-15-10-8-7-9-14(15)12-19-16-11-17(2,3)21-18(16,4)5/h7-10,16,19H,6,11-13H2,1-5H3. The van der Waals surface area contributed by atoms with Crippen molar-refractivity contribution in [2.75, 3.05) is 6.61 Å². The van der Waals surface area contributed by atoms with Gasteiger partial charge < -0.3 is 14.8 Å². The molecule has 0 aromatic heterocycles. The Morgan fingerprint density at radius 3 is 2.43 bits per heavy atom. The predicted octanol–water partition coefficient (Wildman–Crippen LogP) is 3.66. The van der Waals surface area contributed by atoms with Gasteiger partial charge in [-0.25, -0.2) is 0 Å². The van der Waals surface area contributed by atoms with Crippen molar-refractivity contribution in [3.63, 3.8) is 0 Å². The van der Waals surface area contributed by atoms with Crippen molar-refractivity contribution < 1.29 is 9.47 Å². The molecular weight excluding hydrogens is 262 g/mol. The number of ether oxygens (including phenoxy) is 2. The molecule has 1 saturated heterocycles. The van der Waals surface area contributed by atoms with Crippen LogP contribution in [0.15, 0.2) is 24.3 Å². The lowest BCUT2D eigenvalue weighted by Crippen LogP contribution is -2.43. The molecule has 1 aromatic carbocycles. The maximum Gasteiger partial charge on any atom is 0.0787 e. The van der Waals surface area contributed by atoms with Gasteiger partial charge in [-0.05, 0) is 52.2 Å². The summed E-state index contributed by atoms with van der Waals surface area (Å²) < 4.78 is 11.7. The Kier molecular flexibility index (Phi) is 5.07. The van der Waals surface area contributed by atoms with Crippen molar-refractivity contribution in [3.8, 4) is 0 Å². The second-order valence-corrected chi connectivity index (χ2v) is 7.01. The number of hydrogen-bond acceptors (Lipinski definition) is 3. The van der Waals surface area contributed by atoms with Gasteiger partial charge in [-0.2, -0.15) is 0 Å². The number of nitrogens with one attached hydrogen (secondary N) is 1. The highest BCUT2D eigenvalue weighted by atomic mass is 16.5. The first-order valence-electron chi connectivity index (χ1n) is 7.92. The van der Waals surface area contributed by atoms with Gasteiger partial charge in [0.15, 0.2) is 0 Å². The summed E-state index contributed by atoms with van der Waals surface area (Å²) >= 11 is 0. The van der Waals surface area contributed by atoms with Crippen LogP contribution in [0.25, 0.3) is 0 Å². The lowest BCUT2D eigenvalue weighted by Gasteiger charge is -2.28. The van der Waals surface area contributed by atoms with Crippen LogP contribution in [0.1, 0.15) is 52.2 Å². The SMILES string of the molecule is CCOCc1ccccc1CNC1CC(C)(C)OC1(C)C. The zero-order valence-electron chi connectivity index (χ0n) is 14.0. The molecule has 1 heterocycles. The van der Waals surface area contributed by atoms with Crippen LogP contribution in [-0.2, 0) is 22.6 Å². The molecule has 0 saturated carbocycles. The molecule has 0 aliphatic carbocycles. The van der Waals surface area contributed by atoms with E-state index in [1.807, 2.05) is 6.92 Å². The third-order valence-electron chi connectivity index (χ3n) is 4.19. The summed E-state index contributed by atoms with van der Waals surface area (Å²) in [6.45, 7) is 13.0. The molecule has 3 nitrogen and oxygen atoms in total. The molecule has 1 N–H and O–H groups in total. The second kappa shape index (κ2) is 6.47. The highest BCUT2D eigenvalue weighted by Gasteiger charge is 2.45. The largest absolute Gasteiger partial charge is 0.377 e. The van der Waals surface area contributed by atoms with Crippen LogP contribution < -0.4 is 5.32 Å². The van der Waals surface area contributed by atoms with Gasteiger partial charge in [-0.1, -0.05) is 24.3 Å². The van der Waals surface area contributed by atoms with E-state index in [-0.39, 0.29) is 11.2 Å². The quantitative estimate of drug-likeness (QED) is 0.867. The van der Waals surface area contributed by atoms with E-state index < -0.39 is 0 Å². The summed E-state index contributed by atoms with van der Waals surface area (Å²) in [6, 6.07) is 8.85. The van der Waals surface area contributed by atoms with Crippen LogP contribution in [-0.4, -0.2) is 23.9 Å². The van der Waals surface area contributed by atoms with E-state index in [9.17, 15) is 0 Å². The fourth-order valence-corrected chi connectivity index (χ4v) is 3.20. The first kappa shape index (κ1) is 16.5. The first-order valence-corrected chi connectivity index (χ1v) is 7.92. The van der Waals surface area contributed by atoms with Crippen LogP contribution in [0.4, 0.5) is 0 Å². The molecule has 0 spiro atoms. The van der Waals surface area contributed by atoms with Crippen molar-refractivity contribution in [2.45, 2.75) is 71.4 Å². The molecule has 0 amide bonds. The third kappa shape index (κ3) is 4.29. The number of hydrogen-bond donors (Lipinski definition) is 1. The van der Waals surface area contributed by atoms with Crippen LogP contribution >= 0.6 is 0 Å². The van der Waals surface area contributed by atoms with Gasteiger partial charge in [0, 0.05) is 19.2 Å². The highest BCUT2D eigenvalue weighted by molar-refractivity contribution is 5.26. The molecule has 1 atom stereocenters. The summed E-state index contributed by atoms with van der Waals surface area (Å²) in [5, 5.41) is 3.68. The van der Waals surface area contributed by atoms with Gasteiger partial charge in [0.05, 0.1) is 17.8 Å². The van der Waals surface area contributed by atoms with Gasteiger partial charge in [-0.3, -0.25) is 0 Å². The van der Waals surface area contributed by atoms with Gasteiger partial charge in [0.25, 0.3) is 0 Å². The van der Waals surface area contributed by atoms with Crippen LogP contribution in [0.3, 0.4) is 0 Å². The molecule has 1 aromatic rings. The van der Waals surface area contributed by atoms with Crippen molar-refractivity contribution in [1.82, 2.24) is 5.32 Å². The lowest BCUT2D eigenvalue weighted by atomic mass is 9.94. The van der Waals surface area contributed by atoms with Crippen molar-refractivity contribution in [2.24, 2.45) is 0 Å².